The number of pyridine rings is 1. The van der Waals surface area contributed by atoms with Crippen LogP contribution in [-0.4, -0.2) is 49.8 Å². The Labute approximate surface area is 143 Å². The summed E-state index contributed by atoms with van der Waals surface area (Å²) in [5.41, 5.74) is 2.58. The third-order valence-electron chi connectivity index (χ3n) is 4.29. The van der Waals surface area contributed by atoms with Crippen molar-refractivity contribution in [2.75, 3.05) is 40.0 Å². The molecule has 1 N–H and O–H groups in total. The SMILES string of the molecule is COCCOc1cccc(CN2CCNCC2c2ccncc2)c1. The monoisotopic (exact) mass is 327 g/mol. The van der Waals surface area contributed by atoms with Gasteiger partial charge in [-0.05, 0) is 35.4 Å². The molecule has 2 heterocycles. The van der Waals surface area contributed by atoms with Crippen LogP contribution >= 0.6 is 0 Å². The van der Waals surface area contributed by atoms with Crippen molar-refractivity contribution in [2.45, 2.75) is 12.6 Å². The number of methoxy groups -OCH3 is 1. The summed E-state index contributed by atoms with van der Waals surface area (Å²) >= 11 is 0. The van der Waals surface area contributed by atoms with Crippen LogP contribution < -0.4 is 10.1 Å². The molecule has 0 saturated carbocycles. The van der Waals surface area contributed by atoms with Gasteiger partial charge < -0.3 is 14.8 Å². The number of rotatable bonds is 7. The van der Waals surface area contributed by atoms with Gasteiger partial charge in [0.25, 0.3) is 0 Å². The van der Waals surface area contributed by atoms with Gasteiger partial charge in [-0.1, -0.05) is 12.1 Å². The maximum atomic E-state index is 5.72. The quantitative estimate of drug-likeness (QED) is 0.791. The Balaban J connectivity index is 1.68. The molecular formula is C19H25N3O2. The summed E-state index contributed by atoms with van der Waals surface area (Å²) in [6.07, 6.45) is 3.73. The van der Waals surface area contributed by atoms with Crippen molar-refractivity contribution in [3.05, 3.63) is 59.9 Å². The number of piperazine rings is 1. The third kappa shape index (κ3) is 4.54. The van der Waals surface area contributed by atoms with E-state index in [1.807, 2.05) is 18.5 Å². The minimum atomic E-state index is 0.375. The minimum absolute atomic E-state index is 0.375. The van der Waals surface area contributed by atoms with Crippen molar-refractivity contribution in [1.82, 2.24) is 15.2 Å². The van der Waals surface area contributed by atoms with Gasteiger partial charge in [0, 0.05) is 51.7 Å². The number of nitrogens with zero attached hydrogens (tertiary/aromatic N) is 2. The lowest BCUT2D eigenvalue weighted by Crippen LogP contribution is -2.45. The first-order chi connectivity index (χ1) is 11.9. The highest BCUT2D eigenvalue weighted by atomic mass is 16.5. The van der Waals surface area contributed by atoms with E-state index in [1.165, 1.54) is 11.1 Å². The van der Waals surface area contributed by atoms with Crippen molar-refractivity contribution < 1.29 is 9.47 Å². The normalized spacial score (nSPS) is 18.5. The second-order valence-electron chi connectivity index (χ2n) is 5.96. The van der Waals surface area contributed by atoms with Crippen LogP contribution in [0.3, 0.4) is 0 Å². The van der Waals surface area contributed by atoms with E-state index in [1.54, 1.807) is 7.11 Å². The number of hydrogen-bond donors (Lipinski definition) is 1. The summed E-state index contributed by atoms with van der Waals surface area (Å²) in [5.74, 6) is 0.903. The Hall–Kier alpha value is -1.95. The Morgan fingerprint density at radius 2 is 2.08 bits per heavy atom. The van der Waals surface area contributed by atoms with Crippen LogP contribution in [0.1, 0.15) is 17.2 Å². The van der Waals surface area contributed by atoms with Gasteiger partial charge in [-0.15, -0.1) is 0 Å². The van der Waals surface area contributed by atoms with E-state index in [0.29, 0.717) is 19.3 Å². The molecule has 24 heavy (non-hydrogen) atoms. The second kappa shape index (κ2) is 8.78. The van der Waals surface area contributed by atoms with E-state index < -0.39 is 0 Å². The first-order valence-corrected chi connectivity index (χ1v) is 8.42. The summed E-state index contributed by atoms with van der Waals surface area (Å²) < 4.78 is 10.8. The molecule has 3 rings (SSSR count). The van der Waals surface area contributed by atoms with Gasteiger partial charge in [-0.25, -0.2) is 0 Å². The Kier molecular flexibility index (Phi) is 6.18. The standard InChI is InChI=1S/C19H25N3O2/c1-23-11-12-24-18-4-2-3-16(13-18)15-22-10-9-21-14-19(22)17-5-7-20-8-6-17/h2-8,13,19,21H,9-12,14-15H2,1H3. The average Bonchev–Trinajstić information content (AvgIpc) is 2.64. The molecule has 0 spiro atoms. The molecule has 1 saturated heterocycles. The van der Waals surface area contributed by atoms with Gasteiger partial charge in [0.15, 0.2) is 0 Å². The zero-order valence-corrected chi connectivity index (χ0v) is 14.1. The van der Waals surface area contributed by atoms with Crippen LogP contribution in [0.5, 0.6) is 5.75 Å². The lowest BCUT2D eigenvalue weighted by atomic mass is 10.0. The molecule has 0 aliphatic carbocycles. The van der Waals surface area contributed by atoms with Gasteiger partial charge in [-0.3, -0.25) is 9.88 Å². The third-order valence-corrected chi connectivity index (χ3v) is 4.29. The lowest BCUT2D eigenvalue weighted by Gasteiger charge is -2.36. The molecule has 2 aromatic rings. The van der Waals surface area contributed by atoms with Gasteiger partial charge >= 0.3 is 0 Å². The Morgan fingerprint density at radius 1 is 1.21 bits per heavy atom. The van der Waals surface area contributed by atoms with Crippen LogP contribution in [-0.2, 0) is 11.3 Å². The lowest BCUT2D eigenvalue weighted by molar-refractivity contribution is 0.145. The molecule has 0 radical (unpaired) electrons. The number of aromatic nitrogens is 1. The maximum absolute atomic E-state index is 5.72. The second-order valence-corrected chi connectivity index (χ2v) is 5.96. The van der Waals surface area contributed by atoms with E-state index in [0.717, 1.165) is 31.9 Å². The topological polar surface area (TPSA) is 46.6 Å². The van der Waals surface area contributed by atoms with Crippen LogP contribution in [0.2, 0.25) is 0 Å². The largest absolute Gasteiger partial charge is 0.491 e. The van der Waals surface area contributed by atoms with E-state index in [4.69, 9.17) is 9.47 Å². The highest BCUT2D eigenvalue weighted by molar-refractivity contribution is 5.29. The van der Waals surface area contributed by atoms with Crippen LogP contribution in [0, 0.1) is 0 Å². The molecule has 0 bridgehead atoms. The van der Waals surface area contributed by atoms with Crippen molar-refractivity contribution in [3.63, 3.8) is 0 Å². The molecular weight excluding hydrogens is 302 g/mol. The number of hydrogen-bond acceptors (Lipinski definition) is 5. The molecule has 1 aromatic carbocycles. The fraction of sp³-hybridized carbons (Fsp3) is 0.421. The molecule has 1 unspecified atom stereocenters. The number of benzene rings is 1. The minimum Gasteiger partial charge on any atom is -0.491 e. The first kappa shape index (κ1) is 16.9. The molecule has 0 amide bonds. The van der Waals surface area contributed by atoms with Gasteiger partial charge in [-0.2, -0.15) is 0 Å². The fourth-order valence-corrected chi connectivity index (χ4v) is 3.06. The zero-order chi connectivity index (χ0) is 16.6. The predicted molar refractivity (Wildman–Crippen MR) is 94.1 cm³/mol. The summed E-state index contributed by atoms with van der Waals surface area (Å²) in [6.45, 7) is 5.11. The molecule has 1 aromatic heterocycles. The van der Waals surface area contributed by atoms with E-state index in [2.05, 4.69) is 45.5 Å². The molecule has 5 heteroatoms. The van der Waals surface area contributed by atoms with Gasteiger partial charge in [0.1, 0.15) is 12.4 Å². The zero-order valence-electron chi connectivity index (χ0n) is 14.1. The molecule has 1 atom stereocenters. The van der Waals surface area contributed by atoms with Gasteiger partial charge in [0.05, 0.1) is 6.61 Å². The number of nitrogens with one attached hydrogen (secondary N) is 1. The highest BCUT2D eigenvalue weighted by Crippen LogP contribution is 2.24. The van der Waals surface area contributed by atoms with Crippen molar-refractivity contribution >= 4 is 0 Å². The summed E-state index contributed by atoms with van der Waals surface area (Å²) in [4.78, 5) is 6.64. The molecule has 1 fully saturated rings. The summed E-state index contributed by atoms with van der Waals surface area (Å²) in [5, 5.41) is 3.49. The van der Waals surface area contributed by atoms with Gasteiger partial charge in [0.2, 0.25) is 0 Å². The molecule has 5 nitrogen and oxygen atoms in total. The van der Waals surface area contributed by atoms with E-state index in [9.17, 15) is 0 Å². The van der Waals surface area contributed by atoms with Crippen LogP contribution in [0.15, 0.2) is 48.8 Å². The van der Waals surface area contributed by atoms with Crippen molar-refractivity contribution in [2.24, 2.45) is 0 Å². The predicted octanol–water partition coefficient (Wildman–Crippen LogP) is 2.25. The van der Waals surface area contributed by atoms with Crippen molar-refractivity contribution in [3.8, 4) is 5.75 Å². The summed E-state index contributed by atoms with van der Waals surface area (Å²) in [7, 11) is 1.68. The van der Waals surface area contributed by atoms with E-state index >= 15 is 0 Å². The Bertz CT molecular complexity index is 621. The summed E-state index contributed by atoms with van der Waals surface area (Å²) in [6, 6.07) is 12.9. The number of ether oxygens (including phenoxy) is 2. The molecule has 128 valence electrons. The average molecular weight is 327 g/mol. The van der Waals surface area contributed by atoms with Crippen LogP contribution in [0.25, 0.3) is 0 Å². The molecule has 1 aliphatic heterocycles. The fourth-order valence-electron chi connectivity index (χ4n) is 3.06. The maximum Gasteiger partial charge on any atom is 0.119 e. The first-order valence-electron chi connectivity index (χ1n) is 8.42. The Morgan fingerprint density at radius 3 is 2.92 bits per heavy atom. The highest BCUT2D eigenvalue weighted by Gasteiger charge is 2.23. The van der Waals surface area contributed by atoms with Crippen molar-refractivity contribution in [1.29, 1.82) is 0 Å². The molecule has 1 aliphatic rings. The van der Waals surface area contributed by atoms with E-state index in [-0.39, 0.29) is 0 Å². The smallest absolute Gasteiger partial charge is 0.119 e. The van der Waals surface area contributed by atoms with Crippen LogP contribution in [0.4, 0.5) is 0 Å².